The van der Waals surface area contributed by atoms with Crippen molar-refractivity contribution in [2.45, 2.75) is 6.54 Å². The van der Waals surface area contributed by atoms with Crippen LogP contribution < -0.4 is 5.73 Å². The van der Waals surface area contributed by atoms with E-state index < -0.39 is 0 Å². The van der Waals surface area contributed by atoms with Crippen LogP contribution in [0.25, 0.3) is 5.69 Å². The summed E-state index contributed by atoms with van der Waals surface area (Å²) in [6, 6.07) is 5.32. The molecular weight excluding hydrogens is 235 g/mol. The molecule has 1 heterocycles. The van der Waals surface area contributed by atoms with Gasteiger partial charge in [-0.05, 0) is 12.1 Å². The van der Waals surface area contributed by atoms with E-state index in [0.717, 1.165) is 5.69 Å². The average Bonchev–Trinajstić information content (AvgIpc) is 2.70. The molecule has 0 radical (unpaired) electrons. The summed E-state index contributed by atoms with van der Waals surface area (Å²) >= 11 is 12.0. The number of nitrogens with zero attached hydrogens (tertiary/aromatic N) is 3. The highest BCUT2D eigenvalue weighted by atomic mass is 35.5. The van der Waals surface area contributed by atoms with Crippen LogP contribution in [0.15, 0.2) is 24.4 Å². The first-order valence-electron chi connectivity index (χ1n) is 4.28. The topological polar surface area (TPSA) is 56.7 Å². The van der Waals surface area contributed by atoms with E-state index in [4.69, 9.17) is 28.9 Å². The number of hydrogen-bond acceptors (Lipinski definition) is 3. The molecule has 15 heavy (non-hydrogen) atoms. The van der Waals surface area contributed by atoms with Crippen LogP contribution in [-0.4, -0.2) is 15.0 Å². The van der Waals surface area contributed by atoms with Crippen LogP contribution in [0.2, 0.25) is 10.0 Å². The third kappa shape index (κ3) is 1.84. The van der Waals surface area contributed by atoms with Crippen LogP contribution in [0.5, 0.6) is 0 Å². The van der Waals surface area contributed by atoms with Crippen LogP contribution >= 0.6 is 23.2 Å². The molecule has 2 aromatic rings. The minimum atomic E-state index is 0.343. The highest BCUT2D eigenvalue weighted by molar-refractivity contribution is 6.43. The summed E-state index contributed by atoms with van der Waals surface area (Å²) in [4.78, 5) is 0. The highest BCUT2D eigenvalue weighted by Crippen LogP contribution is 2.28. The third-order valence-corrected chi connectivity index (χ3v) is 2.80. The van der Waals surface area contributed by atoms with E-state index in [0.29, 0.717) is 22.3 Å². The molecule has 0 aliphatic carbocycles. The number of rotatable bonds is 2. The normalized spacial score (nSPS) is 10.6. The standard InChI is InChI=1S/C9H8Cl2N4/c10-7-2-1-3-8(9(7)11)15-6(4-12)5-13-14-15/h1-3,5H,4,12H2. The van der Waals surface area contributed by atoms with E-state index in [9.17, 15) is 0 Å². The van der Waals surface area contributed by atoms with Gasteiger partial charge in [-0.15, -0.1) is 5.10 Å². The second-order valence-corrected chi connectivity index (χ2v) is 3.70. The van der Waals surface area contributed by atoms with E-state index in [-0.39, 0.29) is 0 Å². The SMILES string of the molecule is NCc1cnnn1-c1cccc(Cl)c1Cl. The Morgan fingerprint density at radius 2 is 2.13 bits per heavy atom. The van der Waals surface area contributed by atoms with Crippen molar-refractivity contribution in [1.82, 2.24) is 15.0 Å². The molecule has 0 saturated heterocycles. The van der Waals surface area contributed by atoms with Gasteiger partial charge >= 0.3 is 0 Å². The molecule has 0 amide bonds. The van der Waals surface area contributed by atoms with Gasteiger partial charge in [0.2, 0.25) is 0 Å². The van der Waals surface area contributed by atoms with Gasteiger partial charge in [-0.3, -0.25) is 0 Å². The molecule has 2 N–H and O–H groups in total. The smallest absolute Gasteiger partial charge is 0.0868 e. The van der Waals surface area contributed by atoms with Crippen molar-refractivity contribution in [3.8, 4) is 5.69 Å². The second-order valence-electron chi connectivity index (χ2n) is 2.91. The van der Waals surface area contributed by atoms with E-state index in [1.807, 2.05) is 6.07 Å². The summed E-state index contributed by atoms with van der Waals surface area (Å²) in [6.45, 7) is 0.343. The van der Waals surface area contributed by atoms with E-state index >= 15 is 0 Å². The van der Waals surface area contributed by atoms with Gasteiger partial charge in [0.1, 0.15) is 0 Å². The van der Waals surface area contributed by atoms with Crippen molar-refractivity contribution in [3.63, 3.8) is 0 Å². The zero-order valence-corrected chi connectivity index (χ0v) is 9.20. The summed E-state index contributed by atoms with van der Waals surface area (Å²) in [5.74, 6) is 0. The summed E-state index contributed by atoms with van der Waals surface area (Å²) in [5, 5.41) is 8.60. The molecular formula is C9H8Cl2N4. The zero-order valence-electron chi connectivity index (χ0n) is 7.69. The fraction of sp³-hybridized carbons (Fsp3) is 0.111. The lowest BCUT2D eigenvalue weighted by Crippen LogP contribution is -2.07. The molecule has 0 spiro atoms. The van der Waals surface area contributed by atoms with Crippen molar-refractivity contribution in [2.75, 3.05) is 0 Å². The lowest BCUT2D eigenvalue weighted by atomic mass is 10.3. The second kappa shape index (κ2) is 4.18. The first kappa shape index (κ1) is 10.4. The fourth-order valence-electron chi connectivity index (χ4n) is 1.25. The number of benzene rings is 1. The molecule has 0 atom stereocenters. The van der Waals surface area contributed by atoms with Gasteiger partial charge < -0.3 is 5.73 Å². The van der Waals surface area contributed by atoms with Crippen LogP contribution in [-0.2, 0) is 6.54 Å². The molecule has 0 bridgehead atoms. The van der Waals surface area contributed by atoms with Crippen LogP contribution in [0.1, 0.15) is 5.69 Å². The van der Waals surface area contributed by atoms with Crippen molar-refractivity contribution in [1.29, 1.82) is 0 Å². The van der Waals surface area contributed by atoms with Gasteiger partial charge in [-0.25, -0.2) is 4.68 Å². The lowest BCUT2D eigenvalue weighted by Gasteiger charge is -2.07. The molecule has 2 rings (SSSR count). The summed E-state index contributed by atoms with van der Waals surface area (Å²) < 4.78 is 1.58. The maximum Gasteiger partial charge on any atom is 0.0868 e. The van der Waals surface area contributed by atoms with E-state index in [1.54, 1.807) is 23.0 Å². The van der Waals surface area contributed by atoms with Gasteiger partial charge in [0.15, 0.2) is 0 Å². The van der Waals surface area contributed by atoms with Crippen molar-refractivity contribution in [3.05, 3.63) is 40.1 Å². The maximum absolute atomic E-state index is 6.05. The quantitative estimate of drug-likeness (QED) is 0.877. The van der Waals surface area contributed by atoms with Crippen LogP contribution in [0, 0.1) is 0 Å². The summed E-state index contributed by atoms with van der Waals surface area (Å²) in [7, 11) is 0. The summed E-state index contributed by atoms with van der Waals surface area (Å²) in [6.07, 6.45) is 1.59. The Kier molecular flexibility index (Phi) is 2.90. The molecule has 6 heteroatoms. The fourth-order valence-corrected chi connectivity index (χ4v) is 1.63. The number of hydrogen-bond donors (Lipinski definition) is 1. The summed E-state index contributed by atoms with van der Waals surface area (Å²) in [5.41, 5.74) is 7.00. The van der Waals surface area contributed by atoms with Gasteiger partial charge in [-0.2, -0.15) is 0 Å². The molecule has 4 nitrogen and oxygen atoms in total. The van der Waals surface area contributed by atoms with Crippen molar-refractivity contribution < 1.29 is 0 Å². The Bertz CT molecular complexity index is 481. The van der Waals surface area contributed by atoms with E-state index in [1.165, 1.54) is 0 Å². The molecule has 0 unspecified atom stereocenters. The number of halogens is 2. The van der Waals surface area contributed by atoms with E-state index in [2.05, 4.69) is 10.3 Å². The van der Waals surface area contributed by atoms with Gasteiger partial charge in [0, 0.05) is 6.54 Å². The minimum absolute atomic E-state index is 0.343. The van der Waals surface area contributed by atoms with Crippen molar-refractivity contribution >= 4 is 23.2 Å². The molecule has 0 aliphatic heterocycles. The Balaban J connectivity index is 2.59. The Hall–Kier alpha value is -1.10. The molecule has 1 aromatic carbocycles. The molecule has 0 fully saturated rings. The lowest BCUT2D eigenvalue weighted by molar-refractivity contribution is 0.762. The van der Waals surface area contributed by atoms with Gasteiger partial charge in [-0.1, -0.05) is 34.5 Å². The monoisotopic (exact) mass is 242 g/mol. The van der Waals surface area contributed by atoms with Gasteiger partial charge in [0.25, 0.3) is 0 Å². The van der Waals surface area contributed by atoms with Crippen LogP contribution in [0.4, 0.5) is 0 Å². The zero-order chi connectivity index (χ0) is 10.8. The molecule has 1 aromatic heterocycles. The van der Waals surface area contributed by atoms with Crippen molar-refractivity contribution in [2.24, 2.45) is 5.73 Å². The Morgan fingerprint density at radius 1 is 1.33 bits per heavy atom. The predicted molar refractivity (Wildman–Crippen MR) is 59.3 cm³/mol. The number of aromatic nitrogens is 3. The third-order valence-electron chi connectivity index (χ3n) is 1.99. The predicted octanol–water partition coefficient (Wildman–Crippen LogP) is 2.03. The van der Waals surface area contributed by atoms with Gasteiger partial charge in [0.05, 0.1) is 27.6 Å². The average molecular weight is 243 g/mol. The molecule has 0 aliphatic rings. The minimum Gasteiger partial charge on any atom is -0.325 e. The first-order valence-corrected chi connectivity index (χ1v) is 5.03. The van der Waals surface area contributed by atoms with Crippen LogP contribution in [0.3, 0.4) is 0 Å². The Morgan fingerprint density at radius 3 is 2.87 bits per heavy atom. The largest absolute Gasteiger partial charge is 0.325 e. The Labute approximate surface area is 96.6 Å². The maximum atomic E-state index is 6.05. The highest BCUT2D eigenvalue weighted by Gasteiger charge is 2.10. The molecule has 0 saturated carbocycles. The first-order chi connectivity index (χ1) is 7.24. The molecule has 78 valence electrons. The number of nitrogens with two attached hydrogens (primary N) is 1.